The number of hydrogen-bond acceptors (Lipinski definition) is 4. The molecule has 1 aliphatic heterocycles. The number of halogens is 1. The number of amides is 1. The first-order chi connectivity index (χ1) is 10.6. The zero-order valence-electron chi connectivity index (χ0n) is 11.2. The number of amidine groups is 1. The van der Waals surface area contributed by atoms with E-state index in [-0.39, 0.29) is 11.5 Å². The largest absolute Gasteiger partial charge is 0.329 e. The van der Waals surface area contributed by atoms with E-state index in [4.69, 9.17) is 11.6 Å². The second-order valence-electron chi connectivity index (χ2n) is 4.42. The molecule has 1 saturated heterocycles. The van der Waals surface area contributed by atoms with Crippen molar-refractivity contribution in [3.8, 4) is 0 Å². The van der Waals surface area contributed by atoms with Gasteiger partial charge in [0, 0.05) is 12.3 Å². The Balaban J connectivity index is 1.86. The predicted octanol–water partition coefficient (Wildman–Crippen LogP) is 2.92. The second-order valence-corrected chi connectivity index (χ2v) is 5.86. The van der Waals surface area contributed by atoms with Crippen LogP contribution in [0.15, 0.2) is 57.3 Å². The van der Waals surface area contributed by atoms with E-state index in [2.05, 4.69) is 15.3 Å². The highest BCUT2D eigenvalue weighted by atomic mass is 35.5. The third-order valence-electron chi connectivity index (χ3n) is 2.83. The minimum atomic E-state index is -0.234. The standard InChI is InChI=1S/C15H10ClN3O2S/c16-10-3-1-2-4-11(10)18-15-19-14(21)12(22-15)7-9-5-6-13(20)17-8-9/h1-8H,(H,17,20)(H,18,19,21)/b12-7-. The maximum atomic E-state index is 11.9. The number of H-pyrrole nitrogens is 1. The van der Waals surface area contributed by atoms with Crippen LogP contribution < -0.4 is 10.9 Å². The van der Waals surface area contributed by atoms with Gasteiger partial charge in [0.25, 0.3) is 5.91 Å². The van der Waals surface area contributed by atoms with Crippen molar-refractivity contribution in [1.29, 1.82) is 0 Å². The van der Waals surface area contributed by atoms with Crippen molar-refractivity contribution in [2.24, 2.45) is 4.99 Å². The van der Waals surface area contributed by atoms with Crippen LogP contribution in [-0.4, -0.2) is 16.1 Å². The second kappa shape index (κ2) is 6.21. The third kappa shape index (κ3) is 3.29. The van der Waals surface area contributed by atoms with Crippen LogP contribution in [0.1, 0.15) is 5.56 Å². The van der Waals surface area contributed by atoms with Crippen molar-refractivity contribution >= 4 is 46.2 Å². The molecule has 0 spiro atoms. The van der Waals surface area contributed by atoms with Crippen molar-refractivity contribution in [2.75, 3.05) is 0 Å². The number of aromatic nitrogens is 1. The maximum Gasteiger partial charge on any atom is 0.264 e. The number of hydrogen-bond donors (Lipinski definition) is 2. The number of carbonyl (C=O) groups excluding carboxylic acids is 1. The van der Waals surface area contributed by atoms with Crippen molar-refractivity contribution in [2.45, 2.75) is 0 Å². The lowest BCUT2D eigenvalue weighted by molar-refractivity contribution is -0.115. The number of aromatic amines is 1. The Hall–Kier alpha value is -2.31. The van der Waals surface area contributed by atoms with Crippen molar-refractivity contribution in [3.05, 3.63) is 68.4 Å². The van der Waals surface area contributed by atoms with Crippen molar-refractivity contribution < 1.29 is 4.79 Å². The molecule has 2 N–H and O–H groups in total. The molecule has 1 amide bonds. The van der Waals surface area contributed by atoms with E-state index in [1.165, 1.54) is 17.8 Å². The quantitative estimate of drug-likeness (QED) is 0.831. The molecule has 2 aromatic rings. The summed E-state index contributed by atoms with van der Waals surface area (Å²) >= 11 is 7.26. The van der Waals surface area contributed by atoms with E-state index < -0.39 is 0 Å². The zero-order valence-corrected chi connectivity index (χ0v) is 12.7. The van der Waals surface area contributed by atoms with Gasteiger partial charge < -0.3 is 10.3 Å². The number of benzene rings is 1. The van der Waals surface area contributed by atoms with E-state index in [1.54, 1.807) is 30.5 Å². The van der Waals surface area contributed by atoms with Crippen molar-refractivity contribution in [3.63, 3.8) is 0 Å². The fourth-order valence-corrected chi connectivity index (χ4v) is 2.81. The first-order valence-electron chi connectivity index (χ1n) is 6.35. The molecule has 7 heteroatoms. The molecule has 1 fully saturated rings. The van der Waals surface area contributed by atoms with E-state index >= 15 is 0 Å². The first kappa shape index (κ1) is 14.6. The van der Waals surface area contributed by atoms with Gasteiger partial charge in [0.15, 0.2) is 5.17 Å². The van der Waals surface area contributed by atoms with Gasteiger partial charge in [-0.15, -0.1) is 0 Å². The lowest BCUT2D eigenvalue weighted by Gasteiger charge is -1.98. The van der Waals surface area contributed by atoms with Gasteiger partial charge in [-0.05, 0) is 41.6 Å². The molecule has 0 radical (unpaired) electrons. The van der Waals surface area contributed by atoms with E-state index in [0.717, 1.165) is 5.56 Å². The third-order valence-corrected chi connectivity index (χ3v) is 4.06. The Bertz CT molecular complexity index is 837. The van der Waals surface area contributed by atoms with Gasteiger partial charge in [0.2, 0.25) is 5.56 Å². The number of nitrogens with zero attached hydrogens (tertiary/aromatic N) is 1. The molecule has 0 saturated carbocycles. The lowest BCUT2D eigenvalue weighted by atomic mass is 10.2. The first-order valence-corrected chi connectivity index (χ1v) is 7.54. The predicted molar refractivity (Wildman–Crippen MR) is 89.3 cm³/mol. The van der Waals surface area contributed by atoms with E-state index in [0.29, 0.717) is 20.8 Å². The van der Waals surface area contributed by atoms with Gasteiger partial charge in [-0.3, -0.25) is 9.59 Å². The monoisotopic (exact) mass is 331 g/mol. The normalized spacial score (nSPS) is 18.0. The molecule has 0 atom stereocenters. The Morgan fingerprint density at radius 2 is 1.95 bits per heavy atom. The van der Waals surface area contributed by atoms with Gasteiger partial charge in [-0.25, -0.2) is 4.99 Å². The summed E-state index contributed by atoms with van der Waals surface area (Å²) in [5.74, 6) is -0.234. The molecule has 22 heavy (non-hydrogen) atoms. The van der Waals surface area contributed by atoms with Crippen LogP contribution in [0.4, 0.5) is 5.69 Å². The maximum absolute atomic E-state index is 11.9. The summed E-state index contributed by atoms with van der Waals surface area (Å²) in [6.45, 7) is 0. The highest BCUT2D eigenvalue weighted by Crippen LogP contribution is 2.30. The highest BCUT2D eigenvalue weighted by Gasteiger charge is 2.23. The van der Waals surface area contributed by atoms with Crippen LogP contribution in [0.3, 0.4) is 0 Å². The number of rotatable bonds is 2. The Labute approximate surface area is 135 Å². The summed E-state index contributed by atoms with van der Waals surface area (Å²) in [5, 5.41) is 3.67. The van der Waals surface area contributed by atoms with Gasteiger partial charge in [-0.1, -0.05) is 23.7 Å². The number of nitrogens with one attached hydrogen (secondary N) is 2. The topological polar surface area (TPSA) is 74.3 Å². The van der Waals surface area contributed by atoms with Gasteiger partial charge in [-0.2, -0.15) is 0 Å². The molecule has 1 aromatic carbocycles. The van der Waals surface area contributed by atoms with Crippen LogP contribution in [0.2, 0.25) is 5.02 Å². The number of thioether (sulfide) groups is 1. The molecule has 110 valence electrons. The van der Waals surface area contributed by atoms with E-state index in [9.17, 15) is 9.59 Å². The van der Waals surface area contributed by atoms with Crippen LogP contribution in [0, 0.1) is 0 Å². The van der Waals surface area contributed by atoms with Gasteiger partial charge in [0.05, 0.1) is 15.6 Å². The minimum Gasteiger partial charge on any atom is -0.329 e. The summed E-state index contributed by atoms with van der Waals surface area (Å²) in [6.07, 6.45) is 3.23. The molecular weight excluding hydrogens is 322 g/mol. The fraction of sp³-hybridized carbons (Fsp3) is 0. The van der Waals surface area contributed by atoms with Crippen molar-refractivity contribution in [1.82, 2.24) is 10.3 Å². The molecule has 3 rings (SSSR count). The van der Waals surface area contributed by atoms with Crippen LogP contribution >= 0.6 is 23.4 Å². The van der Waals surface area contributed by atoms with Crippen LogP contribution in [0.5, 0.6) is 0 Å². The number of para-hydroxylation sites is 1. The summed E-state index contributed by atoms with van der Waals surface area (Å²) in [4.78, 5) is 30.4. The van der Waals surface area contributed by atoms with Crippen LogP contribution in [0.25, 0.3) is 6.08 Å². The zero-order chi connectivity index (χ0) is 15.5. The summed E-state index contributed by atoms with van der Waals surface area (Å²) in [7, 11) is 0. The smallest absolute Gasteiger partial charge is 0.264 e. The average Bonchev–Trinajstić information content (AvgIpc) is 2.84. The molecular formula is C15H10ClN3O2S. The molecule has 0 aliphatic carbocycles. The average molecular weight is 332 g/mol. The highest BCUT2D eigenvalue weighted by molar-refractivity contribution is 8.18. The number of carbonyl (C=O) groups is 1. The number of pyridine rings is 1. The van der Waals surface area contributed by atoms with Gasteiger partial charge >= 0.3 is 0 Å². The van der Waals surface area contributed by atoms with E-state index in [1.807, 2.05) is 12.1 Å². The molecule has 0 bridgehead atoms. The summed E-state index contributed by atoms with van der Waals surface area (Å²) in [5.41, 5.74) is 1.14. The Morgan fingerprint density at radius 3 is 2.68 bits per heavy atom. The molecule has 0 unspecified atom stereocenters. The molecule has 5 nitrogen and oxygen atoms in total. The molecule has 2 heterocycles. The Kier molecular flexibility index (Phi) is 4.13. The van der Waals surface area contributed by atoms with Crippen LogP contribution in [-0.2, 0) is 4.79 Å². The molecule has 1 aromatic heterocycles. The minimum absolute atomic E-state index is 0.188. The fourth-order valence-electron chi connectivity index (χ4n) is 1.80. The SMILES string of the molecule is O=C1N/C(=N/c2ccccc2Cl)S/C1=C\c1ccc(=O)[nH]c1. The summed E-state index contributed by atoms with van der Waals surface area (Å²) in [6, 6.07) is 10.2. The number of aliphatic imine (C=N–C) groups is 1. The Morgan fingerprint density at radius 1 is 1.14 bits per heavy atom. The summed E-state index contributed by atoms with van der Waals surface area (Å²) < 4.78 is 0. The lowest BCUT2D eigenvalue weighted by Crippen LogP contribution is -2.19. The molecule has 1 aliphatic rings. The van der Waals surface area contributed by atoms with Gasteiger partial charge in [0.1, 0.15) is 0 Å².